The van der Waals surface area contributed by atoms with Crippen molar-refractivity contribution in [1.82, 2.24) is 25.3 Å². The Labute approximate surface area is 184 Å². The van der Waals surface area contributed by atoms with Crippen LogP contribution >= 0.6 is 0 Å². The van der Waals surface area contributed by atoms with Gasteiger partial charge in [0.25, 0.3) is 5.91 Å². The minimum absolute atomic E-state index is 0.146. The summed E-state index contributed by atoms with van der Waals surface area (Å²) < 4.78 is 0. The second kappa shape index (κ2) is 8.69. The Balaban J connectivity index is 1.32. The minimum Gasteiger partial charge on any atom is -0.351 e. The van der Waals surface area contributed by atoms with Crippen LogP contribution in [0.4, 0.5) is 11.6 Å². The molecule has 0 aliphatic rings. The lowest BCUT2D eigenvalue weighted by Crippen LogP contribution is -2.22. The van der Waals surface area contributed by atoms with Crippen LogP contribution in [0.1, 0.15) is 16.1 Å². The lowest BCUT2D eigenvalue weighted by atomic mass is 10.2. The van der Waals surface area contributed by atoms with Crippen LogP contribution in [0, 0.1) is 0 Å². The van der Waals surface area contributed by atoms with Crippen molar-refractivity contribution in [2.45, 2.75) is 6.54 Å². The maximum atomic E-state index is 12.6. The fourth-order valence-electron chi connectivity index (χ4n) is 3.43. The largest absolute Gasteiger partial charge is 0.351 e. The molecule has 0 atom stereocenters. The number of aromatic nitrogens is 4. The second-order valence-electron chi connectivity index (χ2n) is 7.29. The van der Waals surface area contributed by atoms with Crippen LogP contribution in [0.5, 0.6) is 0 Å². The Morgan fingerprint density at radius 2 is 1.84 bits per heavy atom. The smallest absolute Gasteiger partial charge is 0.267 e. The van der Waals surface area contributed by atoms with E-state index in [0.717, 1.165) is 33.4 Å². The average Bonchev–Trinajstić information content (AvgIpc) is 3.28. The third-order valence-corrected chi connectivity index (χ3v) is 5.03. The van der Waals surface area contributed by atoms with E-state index in [1.54, 1.807) is 18.6 Å². The molecule has 0 aliphatic heterocycles. The van der Waals surface area contributed by atoms with Gasteiger partial charge in [-0.1, -0.05) is 30.3 Å². The van der Waals surface area contributed by atoms with E-state index in [2.05, 4.69) is 30.6 Å². The van der Waals surface area contributed by atoms with Crippen LogP contribution in [0.3, 0.4) is 0 Å². The number of amides is 1. The van der Waals surface area contributed by atoms with Gasteiger partial charge in [0.2, 0.25) is 5.95 Å². The van der Waals surface area contributed by atoms with Crippen molar-refractivity contribution in [3.05, 3.63) is 103 Å². The van der Waals surface area contributed by atoms with Gasteiger partial charge in [-0.2, -0.15) is 0 Å². The molecule has 0 saturated heterocycles. The number of nitrogens with zero attached hydrogens (tertiary/aromatic N) is 3. The first-order valence-electron chi connectivity index (χ1n) is 10.2. The van der Waals surface area contributed by atoms with Crippen LogP contribution in [0.15, 0.2) is 91.4 Å². The van der Waals surface area contributed by atoms with Crippen LogP contribution in [-0.2, 0) is 6.54 Å². The Bertz CT molecular complexity index is 1370. The number of hydrogen-bond donors (Lipinski definition) is 3. The zero-order valence-corrected chi connectivity index (χ0v) is 17.1. The number of carbonyl (C=O) groups is 1. The molecule has 7 heteroatoms. The highest BCUT2D eigenvalue weighted by Gasteiger charge is 2.10. The molecule has 2 aromatic carbocycles. The molecule has 3 heterocycles. The minimum atomic E-state index is -0.146. The predicted molar refractivity (Wildman–Crippen MR) is 124 cm³/mol. The third kappa shape index (κ3) is 4.32. The summed E-state index contributed by atoms with van der Waals surface area (Å²) in [6.07, 6.45) is 5.20. The molecule has 0 bridgehead atoms. The highest BCUT2D eigenvalue weighted by atomic mass is 16.1. The van der Waals surface area contributed by atoms with Gasteiger partial charge in [-0.25, -0.2) is 9.97 Å². The molecule has 0 aliphatic carbocycles. The Hall–Kier alpha value is -4.52. The van der Waals surface area contributed by atoms with Gasteiger partial charge in [0.15, 0.2) is 0 Å². The quantitative estimate of drug-likeness (QED) is 0.370. The normalized spacial score (nSPS) is 10.8. The molecule has 0 radical (unpaired) electrons. The monoisotopic (exact) mass is 420 g/mol. The molecular weight excluding hydrogens is 400 g/mol. The summed E-state index contributed by atoms with van der Waals surface area (Å²) in [5.41, 5.74) is 4.99. The van der Waals surface area contributed by atoms with Crippen molar-refractivity contribution in [3.63, 3.8) is 0 Å². The van der Waals surface area contributed by atoms with E-state index >= 15 is 0 Å². The number of H-pyrrole nitrogens is 1. The molecule has 0 fully saturated rings. The number of benzene rings is 2. The molecule has 32 heavy (non-hydrogen) atoms. The Kier molecular flexibility index (Phi) is 5.28. The van der Waals surface area contributed by atoms with E-state index in [1.165, 1.54) is 0 Å². The maximum absolute atomic E-state index is 12.6. The molecule has 0 spiro atoms. The van der Waals surface area contributed by atoms with E-state index in [1.807, 2.05) is 72.8 Å². The van der Waals surface area contributed by atoms with Crippen molar-refractivity contribution in [2.24, 2.45) is 0 Å². The van der Waals surface area contributed by atoms with E-state index < -0.39 is 0 Å². The van der Waals surface area contributed by atoms with Gasteiger partial charge >= 0.3 is 0 Å². The topological polar surface area (TPSA) is 95.6 Å². The second-order valence-corrected chi connectivity index (χ2v) is 7.29. The zero-order chi connectivity index (χ0) is 21.8. The number of hydrogen-bond acceptors (Lipinski definition) is 5. The van der Waals surface area contributed by atoms with Gasteiger partial charge in [0.05, 0.1) is 5.69 Å². The fraction of sp³-hybridized carbons (Fsp3) is 0.0400. The summed E-state index contributed by atoms with van der Waals surface area (Å²) in [5, 5.41) is 7.10. The Morgan fingerprint density at radius 3 is 2.69 bits per heavy atom. The summed E-state index contributed by atoms with van der Waals surface area (Å²) in [4.78, 5) is 28.7. The zero-order valence-electron chi connectivity index (χ0n) is 17.1. The highest BCUT2D eigenvalue weighted by Crippen LogP contribution is 2.23. The Morgan fingerprint density at radius 1 is 0.938 bits per heavy atom. The van der Waals surface area contributed by atoms with E-state index in [9.17, 15) is 4.79 Å². The van der Waals surface area contributed by atoms with Crippen LogP contribution in [0.2, 0.25) is 0 Å². The average molecular weight is 420 g/mol. The third-order valence-electron chi connectivity index (χ3n) is 5.03. The van der Waals surface area contributed by atoms with Crippen molar-refractivity contribution in [2.75, 3.05) is 5.32 Å². The number of carbonyl (C=O) groups excluding carboxylic acids is 1. The molecule has 1 amide bonds. The number of anilines is 2. The van der Waals surface area contributed by atoms with Crippen molar-refractivity contribution in [3.8, 4) is 11.3 Å². The highest BCUT2D eigenvalue weighted by molar-refractivity contribution is 5.98. The maximum Gasteiger partial charge on any atom is 0.267 e. The number of nitrogens with one attached hydrogen (secondary N) is 3. The summed E-state index contributed by atoms with van der Waals surface area (Å²) in [6, 6.07) is 23.1. The molecule has 5 rings (SSSR count). The lowest BCUT2D eigenvalue weighted by Gasteiger charge is -2.06. The first-order valence-corrected chi connectivity index (χ1v) is 10.2. The predicted octanol–water partition coefficient (Wildman–Crippen LogP) is 4.69. The molecule has 5 aromatic rings. The van der Waals surface area contributed by atoms with Gasteiger partial charge in [-0.15, -0.1) is 0 Å². The SMILES string of the molecule is O=C(NCc1ccccc1)c1cc2cc(Nc3nccc(-c4cccnc4)n3)ccc2[nH]1. The molecule has 3 N–H and O–H groups in total. The summed E-state index contributed by atoms with van der Waals surface area (Å²) in [6.45, 7) is 0.479. The van der Waals surface area contributed by atoms with Crippen LogP contribution in [0.25, 0.3) is 22.2 Å². The van der Waals surface area contributed by atoms with Crippen molar-refractivity contribution < 1.29 is 4.79 Å². The first kappa shape index (κ1) is 19.4. The summed E-state index contributed by atoms with van der Waals surface area (Å²) in [7, 11) is 0. The van der Waals surface area contributed by atoms with Gasteiger partial charge in [-0.3, -0.25) is 9.78 Å². The van der Waals surface area contributed by atoms with E-state index in [-0.39, 0.29) is 5.91 Å². The lowest BCUT2D eigenvalue weighted by molar-refractivity contribution is 0.0946. The van der Waals surface area contributed by atoms with Crippen molar-refractivity contribution in [1.29, 1.82) is 0 Å². The molecule has 3 aromatic heterocycles. The van der Waals surface area contributed by atoms with E-state index in [4.69, 9.17) is 0 Å². The van der Waals surface area contributed by atoms with E-state index in [0.29, 0.717) is 18.2 Å². The van der Waals surface area contributed by atoms with Crippen molar-refractivity contribution >= 4 is 28.4 Å². The summed E-state index contributed by atoms with van der Waals surface area (Å²) >= 11 is 0. The van der Waals surface area contributed by atoms with Gasteiger partial charge < -0.3 is 15.6 Å². The molecule has 7 nitrogen and oxygen atoms in total. The first-order chi connectivity index (χ1) is 15.7. The van der Waals surface area contributed by atoms with Gasteiger partial charge in [-0.05, 0) is 48.0 Å². The number of fused-ring (bicyclic) bond motifs is 1. The fourth-order valence-corrected chi connectivity index (χ4v) is 3.43. The number of aromatic amines is 1. The summed E-state index contributed by atoms with van der Waals surface area (Å²) in [5.74, 6) is 0.342. The van der Waals surface area contributed by atoms with Crippen LogP contribution in [-0.4, -0.2) is 25.8 Å². The number of pyridine rings is 1. The van der Waals surface area contributed by atoms with Gasteiger partial charge in [0.1, 0.15) is 5.69 Å². The standard InChI is InChI=1S/C25H20N6O/c32-24(28-15-17-5-2-1-3-6-17)23-14-19-13-20(8-9-21(19)30-23)29-25-27-12-10-22(31-25)18-7-4-11-26-16-18/h1-14,16,30H,15H2,(H,28,32)(H,27,29,31). The van der Waals surface area contributed by atoms with Gasteiger partial charge in [0, 0.05) is 47.3 Å². The molecule has 156 valence electrons. The van der Waals surface area contributed by atoms with Crippen LogP contribution < -0.4 is 10.6 Å². The molecular formula is C25H20N6O. The molecule has 0 unspecified atom stereocenters. The molecule has 0 saturated carbocycles. The number of rotatable bonds is 6.